The molecule has 0 saturated carbocycles. The molecule has 124 valence electrons. The zero-order chi connectivity index (χ0) is 17.0. The first-order valence-corrected chi connectivity index (χ1v) is 9.39. The average Bonchev–Trinajstić information content (AvgIpc) is 2.88. The molecule has 1 heterocycles. The predicted octanol–water partition coefficient (Wildman–Crippen LogP) is 4.63. The first-order chi connectivity index (χ1) is 10.9. The molecule has 2 aromatic rings. The van der Waals surface area contributed by atoms with Gasteiger partial charge < -0.3 is 10.5 Å². The number of benzene rings is 1. The number of hydrogen-bond donors (Lipinski definition) is 1. The largest absolute Gasteiger partial charge is 0.462 e. The molecule has 0 saturated heterocycles. The Bertz CT molecular complexity index is 696. The fourth-order valence-corrected chi connectivity index (χ4v) is 3.83. The molecule has 0 aliphatic heterocycles. The number of aromatic nitrogens is 1. The van der Waals surface area contributed by atoms with E-state index in [2.05, 4.69) is 18.8 Å². The van der Waals surface area contributed by atoms with Gasteiger partial charge in [0.05, 0.1) is 12.3 Å². The lowest BCUT2D eigenvalue weighted by Gasteiger charge is -2.08. The number of thiazole rings is 1. The number of anilines is 1. The summed E-state index contributed by atoms with van der Waals surface area (Å²) < 4.78 is 5.06. The highest BCUT2D eigenvalue weighted by atomic mass is 32.2. The van der Waals surface area contributed by atoms with Crippen LogP contribution in [0, 0.1) is 12.8 Å². The van der Waals surface area contributed by atoms with Gasteiger partial charge in [-0.3, -0.25) is 0 Å². The van der Waals surface area contributed by atoms with Gasteiger partial charge in [0.25, 0.3) is 0 Å². The molecule has 0 atom stereocenters. The summed E-state index contributed by atoms with van der Waals surface area (Å²) in [6.45, 7) is 8.35. The molecular weight excluding hydrogens is 328 g/mol. The van der Waals surface area contributed by atoms with Gasteiger partial charge in [-0.05, 0) is 31.9 Å². The lowest BCUT2D eigenvalue weighted by Crippen LogP contribution is -2.03. The number of carbonyl (C=O) groups excluding carboxylic acids is 1. The van der Waals surface area contributed by atoms with Gasteiger partial charge in [-0.25, -0.2) is 9.78 Å². The third kappa shape index (κ3) is 4.48. The van der Waals surface area contributed by atoms with Gasteiger partial charge in [-0.15, -0.1) is 23.1 Å². The molecular formula is C17H22N2O2S2. The molecule has 0 fully saturated rings. The fraction of sp³-hybridized carbons (Fsp3) is 0.412. The molecule has 1 aromatic carbocycles. The number of aryl methyl sites for hydroxylation is 1. The fourth-order valence-electron chi connectivity index (χ4n) is 1.98. The second-order valence-electron chi connectivity index (χ2n) is 5.61. The number of ether oxygens (including phenoxy) is 1. The van der Waals surface area contributed by atoms with E-state index in [1.54, 1.807) is 18.7 Å². The van der Waals surface area contributed by atoms with E-state index in [0.29, 0.717) is 23.1 Å². The monoisotopic (exact) mass is 350 g/mol. The Labute approximate surface area is 145 Å². The van der Waals surface area contributed by atoms with Crippen LogP contribution in [0.15, 0.2) is 23.1 Å². The van der Waals surface area contributed by atoms with Crippen LogP contribution in [0.4, 0.5) is 5.69 Å². The van der Waals surface area contributed by atoms with Gasteiger partial charge in [0, 0.05) is 21.9 Å². The van der Waals surface area contributed by atoms with Crippen LogP contribution in [0.2, 0.25) is 0 Å². The standard InChI is InChI=1S/C17H22N2O2S2/c1-5-21-17(20)15-11(4)19-16(23-15)12-6-7-14(13(18)8-12)22-9-10(2)3/h6-8,10H,5,9,18H2,1-4H3. The summed E-state index contributed by atoms with van der Waals surface area (Å²) in [5, 5.41) is 0.790. The van der Waals surface area contributed by atoms with Crippen molar-refractivity contribution in [2.75, 3.05) is 18.1 Å². The molecule has 2 N–H and O–H groups in total. The third-order valence-corrected chi connectivity index (χ3v) is 5.79. The van der Waals surface area contributed by atoms with E-state index >= 15 is 0 Å². The molecule has 0 spiro atoms. The molecule has 1 aromatic heterocycles. The van der Waals surface area contributed by atoms with Gasteiger partial charge in [0.15, 0.2) is 0 Å². The highest BCUT2D eigenvalue weighted by Gasteiger charge is 2.17. The summed E-state index contributed by atoms with van der Waals surface area (Å²) in [5.41, 5.74) is 8.54. The zero-order valence-corrected chi connectivity index (χ0v) is 15.5. The van der Waals surface area contributed by atoms with Crippen molar-refractivity contribution in [3.63, 3.8) is 0 Å². The van der Waals surface area contributed by atoms with Crippen LogP contribution in [0.5, 0.6) is 0 Å². The summed E-state index contributed by atoms with van der Waals surface area (Å²) >= 11 is 3.11. The molecule has 0 bridgehead atoms. The van der Waals surface area contributed by atoms with Crippen LogP contribution in [0.3, 0.4) is 0 Å². The Hall–Kier alpha value is -1.53. The number of nitrogens with two attached hydrogens (primary N) is 1. The molecule has 0 radical (unpaired) electrons. The van der Waals surface area contributed by atoms with Crippen LogP contribution >= 0.6 is 23.1 Å². The Morgan fingerprint density at radius 2 is 2.17 bits per heavy atom. The summed E-state index contributed by atoms with van der Waals surface area (Å²) in [4.78, 5) is 18.0. The van der Waals surface area contributed by atoms with Crippen molar-refractivity contribution in [2.45, 2.75) is 32.6 Å². The smallest absolute Gasteiger partial charge is 0.350 e. The van der Waals surface area contributed by atoms with Crippen molar-refractivity contribution in [3.8, 4) is 10.6 Å². The van der Waals surface area contributed by atoms with Crippen LogP contribution < -0.4 is 5.73 Å². The maximum absolute atomic E-state index is 11.9. The summed E-state index contributed by atoms with van der Waals surface area (Å²) in [6.07, 6.45) is 0. The van der Waals surface area contributed by atoms with Crippen molar-refractivity contribution >= 4 is 34.8 Å². The number of rotatable bonds is 6. The van der Waals surface area contributed by atoms with Gasteiger partial charge in [0.2, 0.25) is 0 Å². The van der Waals surface area contributed by atoms with E-state index in [9.17, 15) is 4.79 Å². The Morgan fingerprint density at radius 1 is 1.43 bits per heavy atom. The van der Waals surface area contributed by atoms with E-state index < -0.39 is 0 Å². The van der Waals surface area contributed by atoms with Gasteiger partial charge >= 0.3 is 5.97 Å². The SMILES string of the molecule is CCOC(=O)c1sc(-c2ccc(SCC(C)C)c(N)c2)nc1C. The van der Waals surface area contributed by atoms with Gasteiger partial charge in [-0.1, -0.05) is 19.9 Å². The molecule has 4 nitrogen and oxygen atoms in total. The van der Waals surface area contributed by atoms with Crippen molar-refractivity contribution in [2.24, 2.45) is 5.92 Å². The maximum atomic E-state index is 11.9. The summed E-state index contributed by atoms with van der Waals surface area (Å²) in [6, 6.07) is 5.96. The lowest BCUT2D eigenvalue weighted by atomic mass is 10.2. The van der Waals surface area contributed by atoms with E-state index in [0.717, 1.165) is 26.9 Å². The third-order valence-electron chi connectivity index (χ3n) is 3.09. The minimum Gasteiger partial charge on any atom is -0.462 e. The van der Waals surface area contributed by atoms with Crippen molar-refractivity contribution in [1.82, 2.24) is 4.98 Å². The molecule has 0 aliphatic carbocycles. The van der Waals surface area contributed by atoms with Gasteiger partial charge in [-0.2, -0.15) is 0 Å². The van der Waals surface area contributed by atoms with Crippen molar-refractivity contribution in [3.05, 3.63) is 28.8 Å². The summed E-state index contributed by atoms with van der Waals surface area (Å²) in [5.74, 6) is 1.34. The highest BCUT2D eigenvalue weighted by molar-refractivity contribution is 7.99. The topological polar surface area (TPSA) is 65.2 Å². The number of carbonyl (C=O) groups is 1. The van der Waals surface area contributed by atoms with E-state index in [1.165, 1.54) is 11.3 Å². The van der Waals surface area contributed by atoms with E-state index in [1.807, 2.05) is 25.1 Å². The Kier molecular flexibility index (Phi) is 6.07. The highest BCUT2D eigenvalue weighted by Crippen LogP contribution is 2.34. The molecule has 23 heavy (non-hydrogen) atoms. The second-order valence-corrected chi connectivity index (χ2v) is 7.67. The molecule has 0 aliphatic rings. The van der Waals surface area contributed by atoms with Crippen LogP contribution in [-0.4, -0.2) is 23.3 Å². The number of thioether (sulfide) groups is 1. The second kappa shape index (κ2) is 7.84. The minimum absolute atomic E-state index is 0.314. The number of nitrogen functional groups attached to an aromatic ring is 1. The predicted molar refractivity (Wildman–Crippen MR) is 98.2 cm³/mol. The molecule has 0 amide bonds. The van der Waals surface area contributed by atoms with Crippen LogP contribution in [0.25, 0.3) is 10.6 Å². The Morgan fingerprint density at radius 3 is 2.78 bits per heavy atom. The maximum Gasteiger partial charge on any atom is 0.350 e. The number of esters is 1. The van der Waals surface area contributed by atoms with Gasteiger partial charge in [0.1, 0.15) is 9.88 Å². The zero-order valence-electron chi connectivity index (χ0n) is 13.9. The first-order valence-electron chi connectivity index (χ1n) is 7.59. The van der Waals surface area contributed by atoms with Crippen LogP contribution in [0.1, 0.15) is 36.1 Å². The lowest BCUT2D eigenvalue weighted by molar-refractivity contribution is 0.0531. The average molecular weight is 351 g/mol. The van der Waals surface area contributed by atoms with E-state index in [-0.39, 0.29) is 5.97 Å². The minimum atomic E-state index is -0.314. The molecule has 6 heteroatoms. The van der Waals surface area contributed by atoms with Crippen LogP contribution in [-0.2, 0) is 4.74 Å². The normalized spacial score (nSPS) is 11.0. The van der Waals surface area contributed by atoms with E-state index in [4.69, 9.17) is 10.5 Å². The first kappa shape index (κ1) is 17.8. The Balaban J connectivity index is 2.24. The quantitative estimate of drug-likeness (QED) is 0.467. The number of nitrogens with zero attached hydrogens (tertiary/aromatic N) is 1. The molecule has 0 unspecified atom stereocenters. The summed E-state index contributed by atoms with van der Waals surface area (Å²) in [7, 11) is 0. The van der Waals surface area contributed by atoms with Crippen molar-refractivity contribution in [1.29, 1.82) is 0 Å². The van der Waals surface area contributed by atoms with Crippen molar-refractivity contribution < 1.29 is 9.53 Å². The number of hydrogen-bond acceptors (Lipinski definition) is 6. The molecule has 2 rings (SSSR count).